The number of nitrogens with zero attached hydrogens (tertiary/aromatic N) is 3. The Morgan fingerprint density at radius 2 is 2.16 bits per heavy atom. The number of hydrogen-bond donors (Lipinski definition) is 1. The fourth-order valence-electron chi connectivity index (χ4n) is 5.22. The van der Waals surface area contributed by atoms with Gasteiger partial charge in [-0.2, -0.15) is 5.26 Å². The van der Waals surface area contributed by atoms with Gasteiger partial charge in [-0.05, 0) is 42.4 Å². The third kappa shape index (κ3) is 3.60. The molecule has 2 aliphatic rings. The van der Waals surface area contributed by atoms with Crippen LogP contribution in [-0.4, -0.2) is 33.2 Å². The lowest BCUT2D eigenvalue weighted by atomic mass is 9.75. The van der Waals surface area contributed by atoms with Crippen LogP contribution >= 0.6 is 0 Å². The number of nitriles is 1. The molecular formula is C24H26FN3O3. The molecule has 2 aromatic rings. The van der Waals surface area contributed by atoms with Crippen LogP contribution < -0.4 is 4.74 Å². The molecule has 1 aliphatic carbocycles. The van der Waals surface area contributed by atoms with Gasteiger partial charge in [0.15, 0.2) is 0 Å². The van der Waals surface area contributed by atoms with E-state index in [1.165, 1.54) is 6.07 Å². The average Bonchev–Trinajstić information content (AvgIpc) is 3.49. The fraction of sp³-hybridized carbons (Fsp3) is 0.458. The first-order chi connectivity index (χ1) is 14.7. The summed E-state index contributed by atoms with van der Waals surface area (Å²) in [7, 11) is 0. The summed E-state index contributed by atoms with van der Waals surface area (Å²) in [6, 6.07) is 11.8. The summed E-state index contributed by atoms with van der Waals surface area (Å²) in [6.07, 6.45) is 0.692. The van der Waals surface area contributed by atoms with Crippen LogP contribution in [-0.2, 0) is 6.61 Å². The lowest BCUT2D eigenvalue weighted by molar-refractivity contribution is 0.0364. The summed E-state index contributed by atoms with van der Waals surface area (Å²) in [6.45, 7) is 6.80. The van der Waals surface area contributed by atoms with Gasteiger partial charge in [-0.25, -0.2) is 14.2 Å². The third-order valence-corrected chi connectivity index (χ3v) is 6.83. The number of pyridine rings is 1. The predicted molar refractivity (Wildman–Crippen MR) is 112 cm³/mol. The number of fused-ring (bicyclic) bond motifs is 1. The van der Waals surface area contributed by atoms with E-state index in [0.717, 1.165) is 18.5 Å². The minimum Gasteiger partial charge on any atom is -0.473 e. The van der Waals surface area contributed by atoms with Crippen LogP contribution in [0, 0.1) is 28.5 Å². The van der Waals surface area contributed by atoms with Gasteiger partial charge in [-0.15, -0.1) is 0 Å². The number of carbonyl (C=O) groups is 1. The molecule has 1 saturated heterocycles. The van der Waals surface area contributed by atoms with E-state index in [4.69, 9.17) is 10.00 Å². The quantitative estimate of drug-likeness (QED) is 0.752. The number of rotatable bonds is 4. The Hall–Kier alpha value is -3.14. The Kier molecular flexibility index (Phi) is 5.12. The van der Waals surface area contributed by atoms with Crippen molar-refractivity contribution in [3.8, 4) is 11.9 Å². The minimum atomic E-state index is -0.856. The third-order valence-electron chi connectivity index (χ3n) is 6.83. The van der Waals surface area contributed by atoms with Crippen LogP contribution in [0.25, 0.3) is 0 Å². The van der Waals surface area contributed by atoms with Crippen molar-refractivity contribution >= 4 is 6.09 Å². The number of amides is 1. The molecule has 31 heavy (non-hydrogen) atoms. The van der Waals surface area contributed by atoms with Gasteiger partial charge in [0.25, 0.3) is 0 Å². The highest BCUT2D eigenvalue weighted by molar-refractivity contribution is 5.68. The molecule has 0 radical (unpaired) electrons. The van der Waals surface area contributed by atoms with Gasteiger partial charge in [-0.3, -0.25) is 0 Å². The van der Waals surface area contributed by atoms with Crippen molar-refractivity contribution in [2.75, 3.05) is 6.54 Å². The molecule has 2 fully saturated rings. The molecule has 0 spiro atoms. The van der Waals surface area contributed by atoms with E-state index in [9.17, 15) is 14.3 Å². The first-order valence-corrected chi connectivity index (χ1v) is 10.5. The van der Waals surface area contributed by atoms with E-state index in [1.54, 1.807) is 23.1 Å². The van der Waals surface area contributed by atoms with E-state index >= 15 is 0 Å². The van der Waals surface area contributed by atoms with E-state index in [1.807, 2.05) is 18.2 Å². The lowest BCUT2D eigenvalue weighted by Gasteiger charge is -2.45. The van der Waals surface area contributed by atoms with Crippen molar-refractivity contribution in [2.24, 2.45) is 11.3 Å². The molecule has 1 saturated carbocycles. The van der Waals surface area contributed by atoms with Crippen molar-refractivity contribution < 1.29 is 19.0 Å². The Bertz CT molecular complexity index is 1060. The molecule has 0 bridgehead atoms. The summed E-state index contributed by atoms with van der Waals surface area (Å²) < 4.78 is 19.9. The molecule has 1 aromatic carbocycles. The molecule has 7 heteroatoms. The molecule has 6 nitrogen and oxygen atoms in total. The zero-order valence-electron chi connectivity index (χ0n) is 17.9. The number of piperidine rings is 1. The van der Waals surface area contributed by atoms with Gasteiger partial charge in [-0.1, -0.05) is 32.9 Å². The fourth-order valence-corrected chi connectivity index (χ4v) is 5.22. The molecule has 4 rings (SSSR count). The largest absolute Gasteiger partial charge is 0.473 e. The maximum Gasteiger partial charge on any atom is 0.407 e. The normalized spacial score (nSPS) is 24.8. The number of benzene rings is 1. The summed E-state index contributed by atoms with van der Waals surface area (Å²) in [4.78, 5) is 18.2. The first-order valence-electron chi connectivity index (χ1n) is 10.5. The van der Waals surface area contributed by atoms with Crippen LogP contribution in [0.1, 0.15) is 56.4 Å². The maximum atomic E-state index is 14.1. The number of hydrogen-bond acceptors (Lipinski definition) is 4. The first kappa shape index (κ1) is 21.1. The molecule has 1 aromatic heterocycles. The standard InChI is InChI=1S/C24H26FN3O3/c1-23(2,3)24-12-18(24)17(9-10-28(24)22(29)30)20-5-4-6-21(27-20)31-14-16-8-7-15(13-26)11-19(16)25/h4-8,11,17-18H,9-10,12,14H2,1-3H3,(H,29,30). The van der Waals surface area contributed by atoms with Crippen molar-refractivity contribution in [1.82, 2.24) is 9.88 Å². The topological polar surface area (TPSA) is 86.5 Å². The minimum absolute atomic E-state index is 0.0147. The molecule has 1 N–H and O–H groups in total. The van der Waals surface area contributed by atoms with Crippen LogP contribution in [0.4, 0.5) is 9.18 Å². The van der Waals surface area contributed by atoms with Crippen LogP contribution in [0.15, 0.2) is 36.4 Å². The Labute approximate surface area is 181 Å². The number of halogens is 1. The Morgan fingerprint density at radius 1 is 1.39 bits per heavy atom. The van der Waals surface area contributed by atoms with Crippen molar-refractivity contribution in [3.63, 3.8) is 0 Å². The maximum absolute atomic E-state index is 14.1. The molecule has 3 atom stereocenters. The van der Waals surface area contributed by atoms with Crippen molar-refractivity contribution in [3.05, 3.63) is 59.0 Å². The highest BCUT2D eigenvalue weighted by atomic mass is 19.1. The summed E-state index contributed by atoms with van der Waals surface area (Å²) >= 11 is 0. The van der Waals surface area contributed by atoms with E-state index in [-0.39, 0.29) is 35.0 Å². The van der Waals surface area contributed by atoms with Crippen molar-refractivity contribution in [2.45, 2.75) is 51.7 Å². The summed E-state index contributed by atoms with van der Waals surface area (Å²) in [5, 5.41) is 18.6. The predicted octanol–water partition coefficient (Wildman–Crippen LogP) is 4.94. The number of carboxylic acid groups (broad SMARTS) is 1. The molecule has 162 valence electrons. The lowest BCUT2D eigenvalue weighted by Crippen LogP contribution is -2.54. The van der Waals surface area contributed by atoms with E-state index in [0.29, 0.717) is 18.0 Å². The van der Waals surface area contributed by atoms with Gasteiger partial charge >= 0.3 is 6.09 Å². The SMILES string of the molecule is CC(C)(C)C12CC1C(c1cccc(OCc3ccc(C#N)cc3F)n1)CCN2C(=O)O. The number of likely N-dealkylation sites (tertiary alicyclic amines) is 1. The average molecular weight is 423 g/mol. The van der Waals surface area contributed by atoms with Gasteiger partial charge in [0.1, 0.15) is 12.4 Å². The molecule has 2 heterocycles. The second-order valence-corrected chi connectivity index (χ2v) is 9.42. The van der Waals surface area contributed by atoms with Crippen LogP contribution in [0.5, 0.6) is 5.88 Å². The van der Waals surface area contributed by atoms with E-state index < -0.39 is 11.9 Å². The van der Waals surface area contributed by atoms with Crippen molar-refractivity contribution in [1.29, 1.82) is 5.26 Å². The van der Waals surface area contributed by atoms with Gasteiger partial charge in [0.2, 0.25) is 5.88 Å². The zero-order chi connectivity index (χ0) is 22.4. The van der Waals surface area contributed by atoms with Gasteiger partial charge in [0.05, 0.1) is 17.2 Å². The molecule has 1 aliphatic heterocycles. The highest BCUT2D eigenvalue weighted by Gasteiger charge is 2.70. The molecule has 3 unspecified atom stereocenters. The number of aromatic nitrogens is 1. The molecule has 1 amide bonds. The number of ether oxygens (including phenoxy) is 1. The summed E-state index contributed by atoms with van der Waals surface area (Å²) in [5.41, 5.74) is 0.969. The second-order valence-electron chi connectivity index (χ2n) is 9.42. The second kappa shape index (κ2) is 7.52. The zero-order valence-corrected chi connectivity index (χ0v) is 17.9. The summed E-state index contributed by atoms with van der Waals surface area (Å²) in [5.74, 6) is 0.300. The van der Waals surface area contributed by atoms with Crippen LogP contribution in [0.3, 0.4) is 0 Å². The highest BCUT2D eigenvalue weighted by Crippen LogP contribution is 2.66. The van der Waals surface area contributed by atoms with Crippen LogP contribution in [0.2, 0.25) is 0 Å². The van der Waals surface area contributed by atoms with Gasteiger partial charge in [0, 0.05) is 29.8 Å². The smallest absolute Gasteiger partial charge is 0.407 e. The Morgan fingerprint density at radius 3 is 2.81 bits per heavy atom. The monoisotopic (exact) mass is 423 g/mol. The Balaban J connectivity index is 1.52. The van der Waals surface area contributed by atoms with E-state index in [2.05, 4.69) is 25.8 Å². The van der Waals surface area contributed by atoms with Gasteiger partial charge < -0.3 is 14.7 Å². The molecular weight excluding hydrogens is 397 g/mol.